The molecule has 4 nitrogen and oxygen atoms in total. The Morgan fingerprint density at radius 1 is 1.31 bits per heavy atom. The highest BCUT2D eigenvalue weighted by Gasteiger charge is 2.07. The second-order valence-corrected chi connectivity index (χ2v) is 3.50. The summed E-state index contributed by atoms with van der Waals surface area (Å²) in [5.74, 6) is 1.15. The molecule has 1 unspecified atom stereocenters. The van der Waals surface area contributed by atoms with Crippen molar-refractivity contribution >= 4 is 5.91 Å². The molecule has 2 N–H and O–H groups in total. The van der Waals surface area contributed by atoms with E-state index in [2.05, 4.69) is 0 Å². The lowest BCUT2D eigenvalue weighted by atomic mass is 10.2. The van der Waals surface area contributed by atoms with Crippen LogP contribution in [0.25, 0.3) is 0 Å². The maximum atomic E-state index is 10.7. The highest BCUT2D eigenvalue weighted by Crippen LogP contribution is 2.19. The standard InChI is InChI=1S/C12H17NO3/c1-3-15-10-4-6-11(7-5-10)16-9(2)8-12(13)14/h4-7,9H,3,8H2,1-2H3,(H2,13,14). The second kappa shape index (κ2) is 6.00. The summed E-state index contributed by atoms with van der Waals surface area (Å²) in [6, 6.07) is 7.27. The number of benzene rings is 1. The third-order valence-electron chi connectivity index (χ3n) is 1.96. The Hall–Kier alpha value is -1.71. The van der Waals surface area contributed by atoms with E-state index in [0.717, 1.165) is 5.75 Å². The molecule has 1 aromatic rings. The highest BCUT2D eigenvalue weighted by molar-refractivity contribution is 5.74. The molecule has 0 bridgehead atoms. The Morgan fingerprint density at radius 3 is 2.38 bits per heavy atom. The normalized spacial score (nSPS) is 11.9. The van der Waals surface area contributed by atoms with Gasteiger partial charge in [0, 0.05) is 0 Å². The van der Waals surface area contributed by atoms with Crippen molar-refractivity contribution in [1.82, 2.24) is 0 Å². The third-order valence-corrected chi connectivity index (χ3v) is 1.96. The average molecular weight is 223 g/mol. The second-order valence-electron chi connectivity index (χ2n) is 3.50. The molecule has 1 amide bonds. The van der Waals surface area contributed by atoms with Crippen LogP contribution in [0.15, 0.2) is 24.3 Å². The van der Waals surface area contributed by atoms with Crippen molar-refractivity contribution in [2.75, 3.05) is 6.61 Å². The van der Waals surface area contributed by atoms with Gasteiger partial charge in [-0.15, -0.1) is 0 Å². The number of nitrogens with two attached hydrogens (primary N) is 1. The van der Waals surface area contributed by atoms with E-state index in [-0.39, 0.29) is 18.4 Å². The summed E-state index contributed by atoms with van der Waals surface area (Å²) >= 11 is 0. The van der Waals surface area contributed by atoms with Crippen LogP contribution in [0, 0.1) is 0 Å². The van der Waals surface area contributed by atoms with E-state index < -0.39 is 0 Å². The van der Waals surface area contributed by atoms with Crippen molar-refractivity contribution < 1.29 is 14.3 Å². The molecule has 0 radical (unpaired) electrons. The average Bonchev–Trinajstić information content (AvgIpc) is 2.20. The van der Waals surface area contributed by atoms with Crippen LogP contribution in [0.2, 0.25) is 0 Å². The molecule has 1 atom stereocenters. The quantitative estimate of drug-likeness (QED) is 0.798. The molecule has 4 heteroatoms. The Bertz CT molecular complexity index is 335. The lowest BCUT2D eigenvalue weighted by molar-refractivity contribution is -0.119. The van der Waals surface area contributed by atoms with Gasteiger partial charge in [-0.1, -0.05) is 0 Å². The number of carbonyl (C=O) groups excluding carboxylic acids is 1. The van der Waals surface area contributed by atoms with E-state index in [9.17, 15) is 4.79 Å². The molecule has 0 aliphatic carbocycles. The highest BCUT2D eigenvalue weighted by atomic mass is 16.5. The number of ether oxygens (including phenoxy) is 2. The van der Waals surface area contributed by atoms with Crippen LogP contribution in [0.1, 0.15) is 20.3 Å². The predicted molar refractivity (Wildman–Crippen MR) is 61.5 cm³/mol. The number of primary amides is 1. The summed E-state index contributed by atoms with van der Waals surface area (Å²) in [6.45, 7) is 4.37. The molecule has 0 aliphatic rings. The molecule has 0 aliphatic heterocycles. The number of rotatable bonds is 6. The number of amides is 1. The Morgan fingerprint density at radius 2 is 1.88 bits per heavy atom. The third kappa shape index (κ3) is 4.21. The van der Waals surface area contributed by atoms with Crippen LogP contribution in [0.3, 0.4) is 0 Å². The molecular weight excluding hydrogens is 206 g/mol. The number of hydrogen-bond donors (Lipinski definition) is 1. The van der Waals surface area contributed by atoms with Gasteiger partial charge in [-0.05, 0) is 38.1 Å². The molecule has 0 spiro atoms. The van der Waals surface area contributed by atoms with E-state index in [1.54, 1.807) is 6.92 Å². The van der Waals surface area contributed by atoms with Gasteiger partial charge < -0.3 is 15.2 Å². The molecule has 0 aromatic heterocycles. The fourth-order valence-corrected chi connectivity index (χ4v) is 1.34. The van der Waals surface area contributed by atoms with Gasteiger partial charge >= 0.3 is 0 Å². The van der Waals surface area contributed by atoms with Crippen molar-refractivity contribution in [3.63, 3.8) is 0 Å². The molecule has 0 saturated heterocycles. The summed E-state index contributed by atoms with van der Waals surface area (Å²) < 4.78 is 10.8. The van der Waals surface area contributed by atoms with E-state index >= 15 is 0 Å². The van der Waals surface area contributed by atoms with Crippen LogP contribution < -0.4 is 15.2 Å². The summed E-state index contributed by atoms with van der Waals surface area (Å²) in [5, 5.41) is 0. The van der Waals surface area contributed by atoms with E-state index in [0.29, 0.717) is 12.4 Å². The van der Waals surface area contributed by atoms with Crippen LogP contribution in [0.5, 0.6) is 11.5 Å². The van der Waals surface area contributed by atoms with E-state index in [1.165, 1.54) is 0 Å². The van der Waals surface area contributed by atoms with Crippen molar-refractivity contribution in [2.24, 2.45) is 5.73 Å². The van der Waals surface area contributed by atoms with Gasteiger partial charge in [-0.2, -0.15) is 0 Å². The van der Waals surface area contributed by atoms with Crippen molar-refractivity contribution in [3.05, 3.63) is 24.3 Å². The molecule has 1 aromatic carbocycles. The Labute approximate surface area is 95.3 Å². The summed E-state index contributed by atoms with van der Waals surface area (Å²) in [6.07, 6.45) is 0.00294. The van der Waals surface area contributed by atoms with Gasteiger partial charge in [0.05, 0.1) is 13.0 Å². The van der Waals surface area contributed by atoms with Crippen molar-refractivity contribution in [3.8, 4) is 11.5 Å². The first-order valence-electron chi connectivity index (χ1n) is 5.29. The lowest BCUT2D eigenvalue weighted by Gasteiger charge is -2.13. The topological polar surface area (TPSA) is 61.6 Å². The first-order valence-corrected chi connectivity index (χ1v) is 5.29. The molecule has 1 rings (SSSR count). The summed E-state index contributed by atoms with van der Waals surface area (Å²) in [7, 11) is 0. The minimum Gasteiger partial charge on any atom is -0.494 e. The van der Waals surface area contributed by atoms with Crippen LogP contribution in [0.4, 0.5) is 0 Å². The Balaban J connectivity index is 2.51. The van der Waals surface area contributed by atoms with Crippen molar-refractivity contribution in [1.29, 1.82) is 0 Å². The molecule has 16 heavy (non-hydrogen) atoms. The largest absolute Gasteiger partial charge is 0.494 e. The minimum absolute atomic E-state index is 0.213. The molecule has 0 fully saturated rings. The molecule has 0 saturated carbocycles. The van der Waals surface area contributed by atoms with Gasteiger partial charge in [0.25, 0.3) is 0 Å². The van der Waals surface area contributed by atoms with E-state index in [1.807, 2.05) is 31.2 Å². The van der Waals surface area contributed by atoms with Gasteiger partial charge in [-0.3, -0.25) is 4.79 Å². The summed E-state index contributed by atoms with van der Waals surface area (Å²) in [5.41, 5.74) is 5.07. The number of hydrogen-bond acceptors (Lipinski definition) is 3. The molecular formula is C12H17NO3. The first kappa shape index (κ1) is 12.4. The van der Waals surface area contributed by atoms with Crippen LogP contribution >= 0.6 is 0 Å². The van der Waals surface area contributed by atoms with E-state index in [4.69, 9.17) is 15.2 Å². The fraction of sp³-hybridized carbons (Fsp3) is 0.417. The first-order chi connectivity index (χ1) is 7.61. The fourth-order valence-electron chi connectivity index (χ4n) is 1.34. The SMILES string of the molecule is CCOc1ccc(OC(C)CC(N)=O)cc1. The molecule has 88 valence electrons. The maximum absolute atomic E-state index is 10.7. The van der Waals surface area contributed by atoms with Crippen LogP contribution in [-0.4, -0.2) is 18.6 Å². The zero-order chi connectivity index (χ0) is 12.0. The van der Waals surface area contributed by atoms with Gasteiger partial charge in [0.1, 0.15) is 17.6 Å². The summed E-state index contributed by atoms with van der Waals surface area (Å²) in [4.78, 5) is 10.7. The van der Waals surface area contributed by atoms with Gasteiger partial charge in [0.2, 0.25) is 5.91 Å². The predicted octanol–water partition coefficient (Wildman–Crippen LogP) is 1.73. The van der Waals surface area contributed by atoms with Crippen LogP contribution in [-0.2, 0) is 4.79 Å². The minimum atomic E-state index is -0.363. The van der Waals surface area contributed by atoms with Crippen molar-refractivity contribution in [2.45, 2.75) is 26.4 Å². The number of carbonyl (C=O) groups is 1. The maximum Gasteiger partial charge on any atom is 0.221 e. The van der Waals surface area contributed by atoms with Gasteiger partial charge in [0.15, 0.2) is 0 Å². The lowest BCUT2D eigenvalue weighted by Crippen LogP contribution is -2.22. The smallest absolute Gasteiger partial charge is 0.221 e. The monoisotopic (exact) mass is 223 g/mol. The Kier molecular flexibility index (Phi) is 4.64. The molecule has 0 heterocycles. The zero-order valence-corrected chi connectivity index (χ0v) is 9.60. The van der Waals surface area contributed by atoms with Gasteiger partial charge in [-0.25, -0.2) is 0 Å². The zero-order valence-electron chi connectivity index (χ0n) is 9.60.